The van der Waals surface area contributed by atoms with Gasteiger partial charge in [0.2, 0.25) is 5.82 Å². The molecule has 0 atom stereocenters. The summed E-state index contributed by atoms with van der Waals surface area (Å²) in [4.78, 5) is 9.33. The predicted molar refractivity (Wildman–Crippen MR) is 78.6 cm³/mol. The number of sulfone groups is 1. The fraction of sp³-hybridized carbons (Fsp3) is 0.143. The molecule has 0 aromatic heterocycles. The van der Waals surface area contributed by atoms with Crippen LogP contribution in [0.2, 0.25) is 0 Å². The Morgan fingerprint density at radius 2 is 1.96 bits per heavy atom. The highest BCUT2D eigenvalue weighted by Gasteiger charge is 2.22. The molecule has 122 valence electrons. The second-order valence-corrected chi connectivity index (χ2v) is 6.63. The second-order valence-electron chi connectivity index (χ2n) is 4.64. The van der Waals surface area contributed by atoms with Gasteiger partial charge in [-0.2, -0.15) is 4.39 Å². The minimum absolute atomic E-state index is 0.184. The Balaban J connectivity index is 2.37. The first-order valence-corrected chi connectivity index (χ1v) is 7.92. The maximum Gasteiger partial charge on any atom is 0.306 e. The van der Waals surface area contributed by atoms with Crippen molar-refractivity contribution in [3.63, 3.8) is 0 Å². The minimum atomic E-state index is -3.95. The van der Waals surface area contributed by atoms with E-state index in [1.54, 1.807) is 0 Å². The van der Waals surface area contributed by atoms with E-state index in [0.717, 1.165) is 12.1 Å². The Morgan fingerprint density at radius 3 is 2.52 bits per heavy atom. The van der Waals surface area contributed by atoms with Gasteiger partial charge in [0, 0.05) is 6.07 Å². The fourth-order valence-corrected chi connectivity index (χ4v) is 3.31. The summed E-state index contributed by atoms with van der Waals surface area (Å²) in [6.45, 7) is 0. The topological polar surface area (TPSA) is 107 Å². The maximum atomic E-state index is 13.3. The first kappa shape index (κ1) is 16.7. The lowest BCUT2D eigenvalue weighted by Crippen LogP contribution is -2.06. The normalized spacial score (nSPS) is 11.2. The molecule has 2 aromatic rings. The number of aromatic hydroxyl groups is 1. The van der Waals surface area contributed by atoms with Gasteiger partial charge in [-0.3, -0.25) is 10.1 Å². The molecule has 9 heteroatoms. The van der Waals surface area contributed by atoms with Crippen molar-refractivity contribution in [1.82, 2.24) is 0 Å². The smallest absolute Gasteiger partial charge is 0.306 e. The van der Waals surface area contributed by atoms with Crippen molar-refractivity contribution in [3.05, 3.63) is 57.9 Å². The van der Waals surface area contributed by atoms with Gasteiger partial charge in [0.25, 0.3) is 0 Å². The number of nitro groups is 1. The third-order valence-electron chi connectivity index (χ3n) is 3.07. The molecule has 0 aliphatic heterocycles. The molecule has 0 aliphatic carbocycles. The molecular weight excluding hydrogens is 329 g/mol. The molecule has 0 unspecified atom stereocenters. The van der Waals surface area contributed by atoms with Crippen LogP contribution in [-0.4, -0.2) is 25.6 Å². The molecule has 0 spiro atoms. The standard InChI is InChI=1S/C14H12FNO6S/c1-22-14-5-2-9(6-13(14)17)8-23(20,21)10-3-4-11(15)12(7-10)16(18)19/h2-7,17H,8H2,1H3. The number of phenols is 1. The van der Waals surface area contributed by atoms with Gasteiger partial charge >= 0.3 is 5.69 Å². The van der Waals surface area contributed by atoms with E-state index in [9.17, 15) is 28.0 Å². The van der Waals surface area contributed by atoms with E-state index >= 15 is 0 Å². The van der Waals surface area contributed by atoms with Gasteiger partial charge in [-0.05, 0) is 29.8 Å². The Kier molecular flexibility index (Phi) is 4.50. The van der Waals surface area contributed by atoms with E-state index in [1.165, 1.54) is 25.3 Å². The van der Waals surface area contributed by atoms with Crippen molar-refractivity contribution < 1.29 is 27.6 Å². The van der Waals surface area contributed by atoms with Crippen LogP contribution in [0.1, 0.15) is 5.56 Å². The molecule has 7 nitrogen and oxygen atoms in total. The summed E-state index contributed by atoms with van der Waals surface area (Å²) < 4.78 is 42.7. The highest BCUT2D eigenvalue weighted by atomic mass is 32.2. The number of benzene rings is 2. The first-order chi connectivity index (χ1) is 10.7. The third kappa shape index (κ3) is 3.57. The molecule has 2 aromatic carbocycles. The van der Waals surface area contributed by atoms with Crippen molar-refractivity contribution in [2.75, 3.05) is 7.11 Å². The maximum absolute atomic E-state index is 13.3. The molecule has 0 aliphatic rings. The number of ether oxygens (including phenoxy) is 1. The van der Waals surface area contributed by atoms with Gasteiger partial charge < -0.3 is 9.84 Å². The number of hydrogen-bond donors (Lipinski definition) is 1. The Bertz CT molecular complexity index is 866. The van der Waals surface area contributed by atoms with Crippen LogP contribution >= 0.6 is 0 Å². The number of hydrogen-bond acceptors (Lipinski definition) is 6. The zero-order valence-electron chi connectivity index (χ0n) is 11.9. The zero-order chi connectivity index (χ0) is 17.2. The van der Waals surface area contributed by atoms with Crippen LogP contribution in [0.4, 0.5) is 10.1 Å². The summed E-state index contributed by atoms with van der Waals surface area (Å²) in [5.74, 6) is -1.67. The van der Waals surface area contributed by atoms with Crippen LogP contribution in [0.25, 0.3) is 0 Å². The molecule has 0 radical (unpaired) electrons. The van der Waals surface area contributed by atoms with E-state index in [0.29, 0.717) is 6.07 Å². The van der Waals surface area contributed by atoms with E-state index in [4.69, 9.17) is 4.74 Å². The summed E-state index contributed by atoms with van der Waals surface area (Å²) in [6.07, 6.45) is 0. The number of rotatable bonds is 5. The van der Waals surface area contributed by atoms with Crippen LogP contribution in [0, 0.1) is 15.9 Å². The van der Waals surface area contributed by atoms with Crippen molar-refractivity contribution >= 4 is 15.5 Å². The molecule has 23 heavy (non-hydrogen) atoms. The number of phenolic OH excluding ortho intramolecular Hbond substituents is 1. The monoisotopic (exact) mass is 341 g/mol. The van der Waals surface area contributed by atoms with Crippen LogP contribution in [-0.2, 0) is 15.6 Å². The first-order valence-electron chi connectivity index (χ1n) is 6.27. The average molecular weight is 341 g/mol. The molecule has 0 saturated heterocycles. The zero-order valence-corrected chi connectivity index (χ0v) is 12.7. The largest absolute Gasteiger partial charge is 0.504 e. The van der Waals surface area contributed by atoms with Crippen LogP contribution < -0.4 is 4.74 Å². The summed E-state index contributed by atoms with van der Waals surface area (Å²) in [5.41, 5.74) is -0.654. The molecule has 0 fully saturated rings. The summed E-state index contributed by atoms with van der Waals surface area (Å²) in [6, 6.07) is 6.42. The number of nitrogens with zero attached hydrogens (tertiary/aromatic N) is 1. The Labute approximate surface area is 131 Å². The molecule has 0 amide bonds. The van der Waals surface area contributed by atoms with Gasteiger partial charge in [-0.1, -0.05) is 6.07 Å². The van der Waals surface area contributed by atoms with Gasteiger partial charge in [-0.25, -0.2) is 8.42 Å². The highest BCUT2D eigenvalue weighted by Crippen LogP contribution is 2.29. The van der Waals surface area contributed by atoms with Gasteiger partial charge in [0.15, 0.2) is 21.3 Å². The molecule has 2 rings (SSSR count). The van der Waals surface area contributed by atoms with Crippen LogP contribution in [0.3, 0.4) is 0 Å². The Hall–Kier alpha value is -2.68. The summed E-state index contributed by atoms with van der Waals surface area (Å²) in [7, 11) is -2.60. The molecule has 1 N–H and O–H groups in total. The minimum Gasteiger partial charge on any atom is -0.504 e. The lowest BCUT2D eigenvalue weighted by Gasteiger charge is -2.08. The van der Waals surface area contributed by atoms with E-state index < -0.39 is 32.0 Å². The number of halogens is 1. The van der Waals surface area contributed by atoms with E-state index in [1.807, 2.05) is 0 Å². The molecule has 0 saturated carbocycles. The van der Waals surface area contributed by atoms with Crippen molar-refractivity contribution in [3.8, 4) is 11.5 Å². The second kappa shape index (κ2) is 6.21. The molecule has 0 bridgehead atoms. The van der Waals surface area contributed by atoms with Crippen molar-refractivity contribution in [2.24, 2.45) is 0 Å². The molecule has 0 heterocycles. The fourth-order valence-electron chi connectivity index (χ4n) is 1.95. The highest BCUT2D eigenvalue weighted by molar-refractivity contribution is 7.90. The van der Waals surface area contributed by atoms with Crippen LogP contribution in [0.5, 0.6) is 11.5 Å². The van der Waals surface area contributed by atoms with E-state index in [-0.39, 0.29) is 22.0 Å². The SMILES string of the molecule is COc1ccc(CS(=O)(=O)c2ccc(F)c([N+](=O)[O-])c2)cc1O. The van der Waals surface area contributed by atoms with Crippen molar-refractivity contribution in [2.45, 2.75) is 10.6 Å². The van der Waals surface area contributed by atoms with Crippen molar-refractivity contribution in [1.29, 1.82) is 0 Å². The van der Waals surface area contributed by atoms with Gasteiger partial charge in [0.05, 0.1) is 22.7 Å². The average Bonchev–Trinajstić information content (AvgIpc) is 2.47. The number of methoxy groups -OCH3 is 1. The van der Waals surface area contributed by atoms with Gasteiger partial charge in [-0.15, -0.1) is 0 Å². The van der Waals surface area contributed by atoms with Gasteiger partial charge in [0.1, 0.15) is 0 Å². The van der Waals surface area contributed by atoms with E-state index in [2.05, 4.69) is 0 Å². The quantitative estimate of drug-likeness (QED) is 0.508. The van der Waals surface area contributed by atoms with Crippen LogP contribution in [0.15, 0.2) is 41.3 Å². The Morgan fingerprint density at radius 1 is 1.26 bits per heavy atom. The lowest BCUT2D eigenvalue weighted by molar-refractivity contribution is -0.387. The molecular formula is C14H12FNO6S. The number of nitro benzene ring substituents is 1. The summed E-state index contributed by atoms with van der Waals surface area (Å²) in [5, 5.41) is 20.4. The third-order valence-corrected chi connectivity index (χ3v) is 4.76. The lowest BCUT2D eigenvalue weighted by atomic mass is 10.2. The summed E-state index contributed by atoms with van der Waals surface area (Å²) >= 11 is 0. The predicted octanol–water partition coefficient (Wildman–Crippen LogP) is 2.42.